The summed E-state index contributed by atoms with van der Waals surface area (Å²) in [7, 11) is -3.04. The molecule has 1 unspecified atom stereocenters. The third-order valence-corrected chi connectivity index (χ3v) is 6.54. The first-order valence-electron chi connectivity index (χ1n) is 8.30. The van der Waals surface area contributed by atoms with Crippen LogP contribution >= 0.6 is 0 Å². The molecule has 0 spiro atoms. The van der Waals surface area contributed by atoms with Crippen LogP contribution in [-0.4, -0.2) is 91.7 Å². The van der Waals surface area contributed by atoms with Crippen molar-refractivity contribution in [3.05, 3.63) is 0 Å². The zero-order chi connectivity index (χ0) is 17.0. The summed E-state index contributed by atoms with van der Waals surface area (Å²) in [6.45, 7) is 8.08. The molecule has 2 aliphatic heterocycles. The minimum Gasteiger partial charge on any atom is -0.340 e. The molecule has 0 aliphatic carbocycles. The molecule has 2 heterocycles. The summed E-state index contributed by atoms with van der Waals surface area (Å²) in [6.07, 6.45) is 0.744. The van der Waals surface area contributed by atoms with Crippen LogP contribution in [0, 0.1) is 0 Å². The van der Waals surface area contributed by atoms with Crippen LogP contribution in [0.25, 0.3) is 0 Å². The van der Waals surface area contributed by atoms with Crippen LogP contribution < -0.4 is 0 Å². The van der Waals surface area contributed by atoms with E-state index >= 15 is 0 Å². The van der Waals surface area contributed by atoms with Gasteiger partial charge in [-0.2, -0.15) is 0 Å². The second kappa shape index (κ2) is 7.61. The van der Waals surface area contributed by atoms with Crippen LogP contribution in [0.1, 0.15) is 26.7 Å². The first kappa shape index (κ1) is 18.2. The first-order chi connectivity index (χ1) is 10.8. The fraction of sp³-hybridized carbons (Fsp3) is 0.867. The third-order valence-electron chi connectivity index (χ3n) is 4.79. The molecule has 0 saturated carbocycles. The van der Waals surface area contributed by atoms with Crippen molar-refractivity contribution in [1.82, 2.24) is 14.7 Å². The molecule has 1 atom stereocenters. The van der Waals surface area contributed by atoms with Crippen LogP contribution in [-0.2, 0) is 19.4 Å². The lowest BCUT2D eigenvalue weighted by Crippen LogP contribution is -2.49. The molecule has 132 valence electrons. The highest BCUT2D eigenvalue weighted by Gasteiger charge is 2.33. The molecular weight excluding hydrogens is 318 g/mol. The van der Waals surface area contributed by atoms with Crippen molar-refractivity contribution in [2.24, 2.45) is 0 Å². The van der Waals surface area contributed by atoms with Gasteiger partial charge in [0.05, 0.1) is 11.5 Å². The summed E-state index contributed by atoms with van der Waals surface area (Å²) in [6, 6.07) is -0.276. The molecule has 0 N–H and O–H groups in total. The Hall–Kier alpha value is -1.15. The molecule has 23 heavy (non-hydrogen) atoms. The van der Waals surface area contributed by atoms with E-state index in [4.69, 9.17) is 0 Å². The van der Waals surface area contributed by atoms with Crippen LogP contribution in [0.2, 0.25) is 0 Å². The molecular formula is C15H27N3O4S. The molecule has 0 aromatic rings. The number of hydrogen-bond donors (Lipinski definition) is 0. The van der Waals surface area contributed by atoms with Crippen molar-refractivity contribution in [1.29, 1.82) is 0 Å². The van der Waals surface area contributed by atoms with Crippen LogP contribution in [0.5, 0.6) is 0 Å². The number of likely N-dealkylation sites (N-methyl/N-ethyl adjacent to an activating group) is 1. The molecule has 0 bridgehead atoms. The number of amides is 2. The number of carbonyl (C=O) groups is 2. The van der Waals surface area contributed by atoms with Gasteiger partial charge < -0.3 is 14.7 Å². The van der Waals surface area contributed by atoms with E-state index in [1.807, 2.05) is 4.90 Å². The van der Waals surface area contributed by atoms with E-state index in [1.54, 1.807) is 4.90 Å². The zero-order valence-corrected chi connectivity index (χ0v) is 14.8. The van der Waals surface area contributed by atoms with Gasteiger partial charge in [-0.25, -0.2) is 8.42 Å². The Labute approximate surface area is 138 Å². The normalized spacial score (nSPS) is 24.6. The minimum absolute atomic E-state index is 0.0238. The highest BCUT2D eigenvalue weighted by atomic mass is 32.2. The van der Waals surface area contributed by atoms with E-state index in [-0.39, 0.29) is 35.8 Å². The maximum Gasteiger partial charge on any atom is 0.224 e. The average molecular weight is 345 g/mol. The molecule has 2 saturated heterocycles. The van der Waals surface area contributed by atoms with E-state index in [0.29, 0.717) is 13.0 Å². The lowest BCUT2D eigenvalue weighted by Gasteiger charge is -2.35. The van der Waals surface area contributed by atoms with Crippen LogP contribution in [0.15, 0.2) is 0 Å². The van der Waals surface area contributed by atoms with Crippen molar-refractivity contribution < 1.29 is 18.0 Å². The molecule has 2 amide bonds. The zero-order valence-electron chi connectivity index (χ0n) is 14.0. The smallest absolute Gasteiger partial charge is 0.224 e. The van der Waals surface area contributed by atoms with Crippen molar-refractivity contribution in [3.8, 4) is 0 Å². The highest BCUT2D eigenvalue weighted by Crippen LogP contribution is 2.18. The highest BCUT2D eigenvalue weighted by molar-refractivity contribution is 7.91. The van der Waals surface area contributed by atoms with Gasteiger partial charge in [0.2, 0.25) is 11.8 Å². The molecule has 2 fully saturated rings. The van der Waals surface area contributed by atoms with Gasteiger partial charge in [-0.1, -0.05) is 6.92 Å². The van der Waals surface area contributed by atoms with Gasteiger partial charge in [0.1, 0.15) is 0 Å². The molecule has 8 heteroatoms. The molecule has 7 nitrogen and oxygen atoms in total. The van der Waals surface area contributed by atoms with E-state index in [0.717, 1.165) is 32.7 Å². The number of piperazine rings is 1. The monoisotopic (exact) mass is 345 g/mol. The van der Waals surface area contributed by atoms with Gasteiger partial charge in [-0.3, -0.25) is 9.59 Å². The Morgan fingerprint density at radius 1 is 1.17 bits per heavy atom. The summed E-state index contributed by atoms with van der Waals surface area (Å²) in [4.78, 5) is 29.8. The second-order valence-electron chi connectivity index (χ2n) is 6.33. The summed E-state index contributed by atoms with van der Waals surface area (Å²) in [5.41, 5.74) is 0. The first-order valence-corrected chi connectivity index (χ1v) is 10.1. The molecule has 0 aromatic heterocycles. The number of hydrogen-bond acceptors (Lipinski definition) is 5. The fourth-order valence-corrected chi connectivity index (χ4v) is 5.04. The largest absolute Gasteiger partial charge is 0.340 e. The predicted molar refractivity (Wildman–Crippen MR) is 87.8 cm³/mol. The second-order valence-corrected chi connectivity index (χ2v) is 8.56. The quantitative estimate of drug-likeness (QED) is 0.676. The van der Waals surface area contributed by atoms with Gasteiger partial charge in [0.15, 0.2) is 9.84 Å². The van der Waals surface area contributed by atoms with Gasteiger partial charge in [0.25, 0.3) is 0 Å². The molecule has 0 radical (unpaired) electrons. The predicted octanol–water partition coefficient (Wildman–Crippen LogP) is -0.424. The standard InChI is InChI=1S/C15H27N3O4S/c1-3-16-7-9-17(10-8-16)15(20)4-6-18(13(2)19)14-5-11-23(21,22)12-14/h14H,3-12H2,1-2H3. The Kier molecular flexibility index (Phi) is 6.02. The van der Waals surface area contributed by atoms with Crippen molar-refractivity contribution in [2.75, 3.05) is 50.8 Å². The van der Waals surface area contributed by atoms with Crippen molar-refractivity contribution >= 4 is 21.7 Å². The van der Waals surface area contributed by atoms with Crippen molar-refractivity contribution in [2.45, 2.75) is 32.7 Å². The third kappa shape index (κ3) is 4.91. The molecule has 0 aromatic carbocycles. The number of rotatable bonds is 5. The molecule has 2 rings (SSSR count). The van der Waals surface area contributed by atoms with E-state index in [1.165, 1.54) is 6.92 Å². The van der Waals surface area contributed by atoms with Crippen LogP contribution in [0.3, 0.4) is 0 Å². The average Bonchev–Trinajstić information content (AvgIpc) is 2.87. The Balaban J connectivity index is 1.85. The van der Waals surface area contributed by atoms with Crippen LogP contribution in [0.4, 0.5) is 0 Å². The summed E-state index contributed by atoms with van der Waals surface area (Å²) >= 11 is 0. The number of sulfone groups is 1. The Morgan fingerprint density at radius 3 is 2.30 bits per heavy atom. The van der Waals surface area contributed by atoms with E-state index in [2.05, 4.69) is 11.8 Å². The fourth-order valence-electron chi connectivity index (χ4n) is 3.31. The topological polar surface area (TPSA) is 78.0 Å². The maximum absolute atomic E-state index is 12.3. The lowest BCUT2D eigenvalue weighted by atomic mass is 10.2. The van der Waals surface area contributed by atoms with E-state index in [9.17, 15) is 18.0 Å². The number of nitrogens with zero attached hydrogens (tertiary/aromatic N) is 3. The SMILES string of the molecule is CCN1CCN(C(=O)CCN(C(C)=O)C2CCS(=O)(=O)C2)CC1. The Morgan fingerprint density at radius 2 is 1.83 bits per heavy atom. The van der Waals surface area contributed by atoms with Crippen molar-refractivity contribution in [3.63, 3.8) is 0 Å². The van der Waals surface area contributed by atoms with Gasteiger partial charge in [0, 0.05) is 52.1 Å². The maximum atomic E-state index is 12.3. The van der Waals surface area contributed by atoms with Gasteiger partial charge in [-0.05, 0) is 13.0 Å². The Bertz CT molecular complexity index is 541. The minimum atomic E-state index is -3.04. The molecule has 2 aliphatic rings. The lowest BCUT2D eigenvalue weighted by molar-refractivity contribution is -0.135. The van der Waals surface area contributed by atoms with Gasteiger partial charge >= 0.3 is 0 Å². The number of carbonyl (C=O) groups excluding carboxylic acids is 2. The van der Waals surface area contributed by atoms with Gasteiger partial charge in [-0.15, -0.1) is 0 Å². The summed E-state index contributed by atoms with van der Waals surface area (Å²) in [5.74, 6) is 0.0492. The summed E-state index contributed by atoms with van der Waals surface area (Å²) in [5, 5.41) is 0. The van der Waals surface area contributed by atoms with E-state index < -0.39 is 9.84 Å². The summed E-state index contributed by atoms with van der Waals surface area (Å²) < 4.78 is 23.2.